The second-order valence-corrected chi connectivity index (χ2v) is 5.23. The Morgan fingerprint density at radius 3 is 2.50 bits per heavy atom. The summed E-state index contributed by atoms with van der Waals surface area (Å²) in [5.74, 6) is -0.870. The molecule has 0 spiro atoms. The summed E-state index contributed by atoms with van der Waals surface area (Å²) in [6.45, 7) is 5.36. The van der Waals surface area contributed by atoms with Crippen LogP contribution in [-0.4, -0.2) is 23.3 Å². The monoisotopic (exact) mass is 251 g/mol. The standard InChI is InChI=1S/C14H21NO3/c1-14(2,3)18-13(17)11(8-9-16)10-6-4-5-7-12(10)15/h4-7,11,16H,8-9,15H2,1-3H3. The van der Waals surface area contributed by atoms with E-state index in [2.05, 4.69) is 0 Å². The van der Waals surface area contributed by atoms with Crippen LogP contribution in [0.2, 0.25) is 0 Å². The number of carbonyl (C=O) groups is 1. The van der Waals surface area contributed by atoms with E-state index in [1.807, 2.05) is 32.9 Å². The van der Waals surface area contributed by atoms with E-state index in [-0.39, 0.29) is 12.6 Å². The number of hydrogen-bond donors (Lipinski definition) is 2. The van der Waals surface area contributed by atoms with Crippen molar-refractivity contribution in [1.82, 2.24) is 0 Å². The molecule has 1 unspecified atom stereocenters. The van der Waals surface area contributed by atoms with Crippen LogP contribution in [0.25, 0.3) is 0 Å². The largest absolute Gasteiger partial charge is 0.459 e. The van der Waals surface area contributed by atoms with Gasteiger partial charge in [0.1, 0.15) is 5.60 Å². The Bertz CT molecular complexity index is 410. The summed E-state index contributed by atoms with van der Waals surface area (Å²) in [5.41, 5.74) is 6.57. The Morgan fingerprint density at radius 2 is 2.00 bits per heavy atom. The summed E-state index contributed by atoms with van der Waals surface area (Å²) in [7, 11) is 0. The number of carbonyl (C=O) groups excluding carboxylic acids is 1. The number of ether oxygens (including phenoxy) is 1. The summed E-state index contributed by atoms with van der Waals surface area (Å²) in [6.07, 6.45) is 0.309. The molecule has 0 aromatic heterocycles. The third-order valence-corrected chi connectivity index (χ3v) is 2.48. The van der Waals surface area contributed by atoms with Crippen LogP contribution in [0, 0.1) is 0 Å². The molecule has 0 saturated carbocycles. The lowest BCUT2D eigenvalue weighted by Crippen LogP contribution is -2.28. The van der Waals surface area contributed by atoms with Crippen molar-refractivity contribution in [3.63, 3.8) is 0 Å². The molecule has 0 fully saturated rings. The van der Waals surface area contributed by atoms with Crippen molar-refractivity contribution in [1.29, 1.82) is 0 Å². The Hall–Kier alpha value is -1.55. The van der Waals surface area contributed by atoms with E-state index in [1.165, 1.54) is 0 Å². The van der Waals surface area contributed by atoms with Gasteiger partial charge >= 0.3 is 5.97 Å². The minimum absolute atomic E-state index is 0.0851. The van der Waals surface area contributed by atoms with Crippen LogP contribution in [0.4, 0.5) is 5.69 Å². The van der Waals surface area contributed by atoms with E-state index < -0.39 is 11.5 Å². The Morgan fingerprint density at radius 1 is 1.39 bits per heavy atom. The van der Waals surface area contributed by atoms with Gasteiger partial charge in [0.25, 0.3) is 0 Å². The number of rotatable bonds is 4. The second-order valence-electron chi connectivity index (χ2n) is 5.23. The van der Waals surface area contributed by atoms with Crippen LogP contribution in [-0.2, 0) is 9.53 Å². The highest BCUT2D eigenvalue weighted by molar-refractivity contribution is 5.80. The molecule has 100 valence electrons. The molecule has 0 heterocycles. The van der Waals surface area contributed by atoms with Gasteiger partial charge < -0.3 is 15.6 Å². The average Bonchev–Trinajstić information content (AvgIpc) is 2.24. The molecular weight excluding hydrogens is 230 g/mol. The molecule has 0 aliphatic rings. The minimum atomic E-state index is -0.547. The smallest absolute Gasteiger partial charge is 0.314 e. The minimum Gasteiger partial charge on any atom is -0.459 e. The topological polar surface area (TPSA) is 72.5 Å². The van der Waals surface area contributed by atoms with E-state index in [1.54, 1.807) is 12.1 Å². The zero-order valence-corrected chi connectivity index (χ0v) is 11.1. The first-order valence-electron chi connectivity index (χ1n) is 6.03. The van der Waals surface area contributed by atoms with Crippen molar-refractivity contribution in [2.24, 2.45) is 0 Å². The summed E-state index contributed by atoms with van der Waals surface area (Å²) in [5, 5.41) is 9.09. The lowest BCUT2D eigenvalue weighted by molar-refractivity contribution is -0.157. The van der Waals surface area contributed by atoms with Gasteiger partial charge in [0, 0.05) is 12.3 Å². The number of esters is 1. The normalized spacial score (nSPS) is 13.1. The number of aliphatic hydroxyl groups is 1. The number of para-hydroxylation sites is 1. The number of benzene rings is 1. The number of hydrogen-bond acceptors (Lipinski definition) is 4. The third kappa shape index (κ3) is 4.04. The van der Waals surface area contributed by atoms with Gasteiger partial charge in [0.15, 0.2) is 0 Å². The van der Waals surface area contributed by atoms with Crippen molar-refractivity contribution >= 4 is 11.7 Å². The summed E-state index contributed by atoms with van der Waals surface area (Å²) >= 11 is 0. The van der Waals surface area contributed by atoms with Gasteiger partial charge in [-0.1, -0.05) is 18.2 Å². The quantitative estimate of drug-likeness (QED) is 0.634. The molecule has 0 bridgehead atoms. The molecule has 0 amide bonds. The van der Waals surface area contributed by atoms with Gasteiger partial charge in [0.2, 0.25) is 0 Å². The average molecular weight is 251 g/mol. The molecule has 3 N–H and O–H groups in total. The molecule has 4 nitrogen and oxygen atoms in total. The third-order valence-electron chi connectivity index (χ3n) is 2.48. The molecule has 0 saturated heterocycles. The van der Waals surface area contributed by atoms with Gasteiger partial charge in [-0.3, -0.25) is 4.79 Å². The maximum atomic E-state index is 12.1. The van der Waals surface area contributed by atoms with Crippen LogP contribution in [0.3, 0.4) is 0 Å². The van der Waals surface area contributed by atoms with Crippen molar-refractivity contribution < 1.29 is 14.6 Å². The summed E-state index contributed by atoms with van der Waals surface area (Å²) in [4.78, 5) is 12.1. The van der Waals surface area contributed by atoms with Crippen molar-refractivity contribution in [2.45, 2.75) is 38.7 Å². The van der Waals surface area contributed by atoms with Crippen LogP contribution < -0.4 is 5.73 Å². The number of aliphatic hydroxyl groups excluding tert-OH is 1. The maximum Gasteiger partial charge on any atom is 0.314 e. The second kappa shape index (κ2) is 5.87. The fraction of sp³-hybridized carbons (Fsp3) is 0.500. The fourth-order valence-electron chi connectivity index (χ4n) is 1.73. The first kappa shape index (κ1) is 14.5. The predicted molar refractivity (Wildman–Crippen MR) is 71.1 cm³/mol. The number of anilines is 1. The summed E-state index contributed by atoms with van der Waals surface area (Å²) < 4.78 is 5.36. The molecule has 0 aliphatic heterocycles. The van der Waals surface area contributed by atoms with E-state index in [0.29, 0.717) is 17.7 Å². The van der Waals surface area contributed by atoms with Gasteiger partial charge in [-0.25, -0.2) is 0 Å². The Labute approximate surface area is 108 Å². The van der Waals surface area contributed by atoms with Gasteiger partial charge in [-0.05, 0) is 38.8 Å². The molecule has 1 atom stereocenters. The van der Waals surface area contributed by atoms with Crippen LogP contribution in [0.15, 0.2) is 24.3 Å². The lowest BCUT2D eigenvalue weighted by atomic mass is 9.94. The molecule has 1 aromatic rings. The molecule has 0 radical (unpaired) electrons. The van der Waals surface area contributed by atoms with E-state index in [4.69, 9.17) is 15.6 Å². The van der Waals surface area contributed by atoms with Crippen LogP contribution >= 0.6 is 0 Å². The van der Waals surface area contributed by atoms with Crippen molar-refractivity contribution in [3.8, 4) is 0 Å². The summed E-state index contributed by atoms with van der Waals surface area (Å²) in [6, 6.07) is 7.16. The highest BCUT2D eigenvalue weighted by Gasteiger charge is 2.27. The maximum absolute atomic E-state index is 12.1. The molecular formula is C14H21NO3. The number of nitrogen functional groups attached to an aromatic ring is 1. The highest BCUT2D eigenvalue weighted by Crippen LogP contribution is 2.27. The first-order valence-corrected chi connectivity index (χ1v) is 6.03. The van der Waals surface area contributed by atoms with E-state index in [0.717, 1.165) is 0 Å². The van der Waals surface area contributed by atoms with Gasteiger partial charge in [-0.2, -0.15) is 0 Å². The van der Waals surface area contributed by atoms with E-state index in [9.17, 15) is 4.79 Å². The lowest BCUT2D eigenvalue weighted by Gasteiger charge is -2.24. The van der Waals surface area contributed by atoms with Crippen LogP contribution in [0.5, 0.6) is 0 Å². The zero-order valence-electron chi connectivity index (χ0n) is 11.1. The Kier molecular flexibility index (Phi) is 4.73. The Balaban J connectivity index is 2.96. The molecule has 4 heteroatoms. The van der Waals surface area contributed by atoms with Crippen molar-refractivity contribution in [2.75, 3.05) is 12.3 Å². The number of nitrogens with two attached hydrogens (primary N) is 1. The van der Waals surface area contributed by atoms with Crippen molar-refractivity contribution in [3.05, 3.63) is 29.8 Å². The SMILES string of the molecule is CC(C)(C)OC(=O)C(CCO)c1ccccc1N. The van der Waals surface area contributed by atoms with Gasteiger partial charge in [0.05, 0.1) is 5.92 Å². The molecule has 1 rings (SSSR count). The zero-order chi connectivity index (χ0) is 13.8. The predicted octanol–water partition coefficient (Wildman–Crippen LogP) is 2.08. The molecule has 18 heavy (non-hydrogen) atoms. The molecule has 0 aliphatic carbocycles. The highest BCUT2D eigenvalue weighted by atomic mass is 16.6. The van der Waals surface area contributed by atoms with E-state index >= 15 is 0 Å². The first-order chi connectivity index (χ1) is 8.35. The van der Waals surface area contributed by atoms with Gasteiger partial charge in [-0.15, -0.1) is 0 Å². The fourth-order valence-corrected chi connectivity index (χ4v) is 1.73. The molecule has 1 aromatic carbocycles. The van der Waals surface area contributed by atoms with Crippen LogP contribution in [0.1, 0.15) is 38.7 Å².